The van der Waals surface area contributed by atoms with Crippen molar-refractivity contribution in [3.8, 4) is 39.6 Å². The number of rotatable bonds is 4. The summed E-state index contributed by atoms with van der Waals surface area (Å²) in [5.74, 6) is -0.359. The first-order valence-corrected chi connectivity index (χ1v) is 16.0. The maximum absolute atomic E-state index is 15.2. The SMILES string of the molecule is Fc1cc(-c2ccc(-n3c4ccccc4c4ncccc43)cc2)nc(-c2cccc(-c3ccc4ccc5cccc6ccc3c4c56)n2)c1. The normalized spacial score (nSPS) is 11.9. The van der Waals surface area contributed by atoms with Crippen LogP contribution in [0, 0.1) is 5.82 Å². The number of fused-ring (bicyclic) bond motifs is 3. The number of para-hydroxylation sites is 1. The van der Waals surface area contributed by atoms with Crippen molar-refractivity contribution in [3.05, 3.63) is 158 Å². The van der Waals surface area contributed by atoms with Crippen molar-refractivity contribution >= 4 is 54.3 Å². The first-order valence-electron chi connectivity index (χ1n) is 16.0. The zero-order valence-electron chi connectivity index (χ0n) is 25.6. The van der Waals surface area contributed by atoms with E-state index in [9.17, 15) is 0 Å². The van der Waals surface area contributed by atoms with Crippen LogP contribution in [-0.2, 0) is 0 Å². The highest BCUT2D eigenvalue weighted by atomic mass is 19.1. The van der Waals surface area contributed by atoms with Crippen LogP contribution in [-0.4, -0.2) is 19.5 Å². The molecule has 10 aromatic rings. The molecule has 0 radical (unpaired) electrons. The predicted octanol–water partition coefficient (Wildman–Crippen LogP) is 11.0. The van der Waals surface area contributed by atoms with Crippen LogP contribution in [0.4, 0.5) is 4.39 Å². The van der Waals surface area contributed by atoms with Gasteiger partial charge in [0, 0.05) is 40.5 Å². The molecule has 0 N–H and O–H groups in total. The summed E-state index contributed by atoms with van der Waals surface area (Å²) in [6, 6.07) is 48.7. The van der Waals surface area contributed by atoms with Crippen molar-refractivity contribution in [2.45, 2.75) is 0 Å². The fraction of sp³-hybridized carbons (Fsp3) is 0. The van der Waals surface area contributed by atoms with Gasteiger partial charge in [0.1, 0.15) is 5.82 Å². The van der Waals surface area contributed by atoms with Gasteiger partial charge in [-0.15, -0.1) is 0 Å². The van der Waals surface area contributed by atoms with Crippen molar-refractivity contribution in [3.63, 3.8) is 0 Å². The van der Waals surface area contributed by atoms with Crippen molar-refractivity contribution in [1.82, 2.24) is 19.5 Å². The summed E-state index contributed by atoms with van der Waals surface area (Å²) in [4.78, 5) is 14.6. The van der Waals surface area contributed by atoms with Gasteiger partial charge < -0.3 is 4.57 Å². The Kier molecular flexibility index (Phi) is 5.72. The smallest absolute Gasteiger partial charge is 0.127 e. The molecule has 0 aliphatic heterocycles. The van der Waals surface area contributed by atoms with E-state index < -0.39 is 0 Å². The molecule has 0 atom stereocenters. The molecule has 0 spiro atoms. The molecule has 0 fully saturated rings. The van der Waals surface area contributed by atoms with Crippen LogP contribution in [0.1, 0.15) is 0 Å². The Morgan fingerprint density at radius 2 is 1.17 bits per heavy atom. The highest BCUT2D eigenvalue weighted by Gasteiger charge is 2.16. The molecule has 4 aromatic heterocycles. The van der Waals surface area contributed by atoms with E-state index in [0.29, 0.717) is 17.1 Å². The van der Waals surface area contributed by atoms with E-state index in [1.54, 1.807) is 0 Å². The Balaban J connectivity index is 1.05. The summed E-state index contributed by atoms with van der Waals surface area (Å²) in [5.41, 5.74) is 8.42. The second-order valence-electron chi connectivity index (χ2n) is 12.2. The highest BCUT2D eigenvalue weighted by Crippen LogP contribution is 2.39. The Morgan fingerprint density at radius 1 is 0.479 bits per heavy atom. The topological polar surface area (TPSA) is 43.6 Å². The third-order valence-corrected chi connectivity index (χ3v) is 9.45. The molecule has 224 valence electrons. The quantitative estimate of drug-likeness (QED) is 0.185. The van der Waals surface area contributed by atoms with E-state index in [-0.39, 0.29) is 5.82 Å². The summed E-state index contributed by atoms with van der Waals surface area (Å²) < 4.78 is 17.4. The zero-order chi connectivity index (χ0) is 31.8. The van der Waals surface area contributed by atoms with Gasteiger partial charge in [0.25, 0.3) is 0 Å². The maximum atomic E-state index is 15.2. The molecular weight excluding hydrogens is 591 g/mol. The summed E-state index contributed by atoms with van der Waals surface area (Å²) in [7, 11) is 0. The number of halogens is 1. The number of benzene rings is 6. The number of hydrogen-bond acceptors (Lipinski definition) is 3. The number of aromatic nitrogens is 4. The molecule has 10 rings (SSSR count). The second-order valence-corrected chi connectivity index (χ2v) is 12.2. The predicted molar refractivity (Wildman–Crippen MR) is 194 cm³/mol. The molecule has 48 heavy (non-hydrogen) atoms. The first kappa shape index (κ1) is 26.7. The average Bonchev–Trinajstić information content (AvgIpc) is 3.48. The molecule has 4 heterocycles. The lowest BCUT2D eigenvalue weighted by molar-refractivity contribution is 0.627. The van der Waals surface area contributed by atoms with Crippen LogP contribution < -0.4 is 0 Å². The lowest BCUT2D eigenvalue weighted by Crippen LogP contribution is -1.96. The Morgan fingerprint density at radius 3 is 2.04 bits per heavy atom. The summed E-state index contributed by atoms with van der Waals surface area (Å²) in [6.45, 7) is 0. The third-order valence-electron chi connectivity index (χ3n) is 9.45. The maximum Gasteiger partial charge on any atom is 0.127 e. The van der Waals surface area contributed by atoms with E-state index in [4.69, 9.17) is 9.97 Å². The van der Waals surface area contributed by atoms with E-state index >= 15 is 4.39 Å². The Bertz CT molecular complexity index is 2780. The fourth-order valence-corrected chi connectivity index (χ4v) is 7.31. The largest absolute Gasteiger partial charge is 0.308 e. The molecule has 0 saturated carbocycles. The minimum Gasteiger partial charge on any atom is -0.308 e. The lowest BCUT2D eigenvalue weighted by atomic mass is 9.91. The number of pyridine rings is 3. The standard InChI is InChI=1S/C43H25FN4/c44-30-24-37(26-15-19-31(20-16-26)48-39-11-2-1-8-34(39)43-40(48)12-5-23-45-43)47-38(25-30)36-10-4-9-35(46-36)32-21-17-29-14-13-27-6-3-7-28-18-22-33(32)42(29)41(27)28/h1-25H. The van der Waals surface area contributed by atoms with Gasteiger partial charge in [0.05, 0.1) is 39.3 Å². The van der Waals surface area contributed by atoms with Gasteiger partial charge in [-0.1, -0.05) is 91.0 Å². The minimum atomic E-state index is -0.359. The van der Waals surface area contributed by atoms with Crippen molar-refractivity contribution in [1.29, 1.82) is 0 Å². The summed E-state index contributed by atoms with van der Waals surface area (Å²) >= 11 is 0. The Hall–Kier alpha value is -6.46. The number of hydrogen-bond donors (Lipinski definition) is 0. The van der Waals surface area contributed by atoms with Gasteiger partial charge in [-0.25, -0.2) is 14.4 Å². The van der Waals surface area contributed by atoms with Gasteiger partial charge in [0.2, 0.25) is 0 Å². The van der Waals surface area contributed by atoms with Crippen molar-refractivity contribution in [2.75, 3.05) is 0 Å². The monoisotopic (exact) mass is 616 g/mol. The van der Waals surface area contributed by atoms with E-state index in [2.05, 4.69) is 82.3 Å². The van der Waals surface area contributed by atoms with E-state index in [1.165, 1.54) is 39.1 Å². The summed E-state index contributed by atoms with van der Waals surface area (Å²) in [6.07, 6.45) is 1.82. The van der Waals surface area contributed by atoms with Crippen LogP contribution in [0.3, 0.4) is 0 Å². The Labute approximate surface area is 274 Å². The average molecular weight is 617 g/mol. The van der Waals surface area contributed by atoms with Crippen molar-refractivity contribution in [2.24, 2.45) is 0 Å². The van der Waals surface area contributed by atoms with Gasteiger partial charge in [-0.05, 0) is 74.8 Å². The van der Waals surface area contributed by atoms with Crippen LogP contribution in [0.2, 0.25) is 0 Å². The van der Waals surface area contributed by atoms with Gasteiger partial charge in [-0.2, -0.15) is 0 Å². The highest BCUT2D eigenvalue weighted by molar-refractivity contribution is 6.25. The molecule has 6 aromatic carbocycles. The number of nitrogens with zero attached hydrogens (tertiary/aromatic N) is 4. The molecule has 0 bridgehead atoms. The first-order chi connectivity index (χ1) is 23.7. The lowest BCUT2D eigenvalue weighted by Gasteiger charge is -2.14. The van der Waals surface area contributed by atoms with Crippen LogP contribution in [0.25, 0.3) is 93.8 Å². The van der Waals surface area contributed by atoms with Gasteiger partial charge >= 0.3 is 0 Å². The molecule has 0 amide bonds. The van der Waals surface area contributed by atoms with Gasteiger partial charge in [0.15, 0.2) is 0 Å². The van der Waals surface area contributed by atoms with Crippen LogP contribution in [0.5, 0.6) is 0 Å². The van der Waals surface area contributed by atoms with Crippen LogP contribution >= 0.6 is 0 Å². The molecule has 4 nitrogen and oxygen atoms in total. The molecule has 0 aliphatic carbocycles. The molecule has 5 heteroatoms. The van der Waals surface area contributed by atoms with Gasteiger partial charge in [-0.3, -0.25) is 4.98 Å². The fourth-order valence-electron chi connectivity index (χ4n) is 7.31. The van der Waals surface area contributed by atoms with Crippen molar-refractivity contribution < 1.29 is 4.39 Å². The molecular formula is C43H25FN4. The third kappa shape index (κ3) is 4.04. The zero-order valence-corrected chi connectivity index (χ0v) is 25.6. The molecule has 0 aliphatic rings. The molecule has 0 unspecified atom stereocenters. The van der Waals surface area contributed by atoms with E-state index in [1.807, 2.05) is 66.9 Å². The summed E-state index contributed by atoms with van der Waals surface area (Å²) in [5, 5.41) is 8.40. The minimum absolute atomic E-state index is 0.359. The van der Waals surface area contributed by atoms with Crippen LogP contribution in [0.15, 0.2) is 152 Å². The second kappa shape index (κ2) is 10.3. The van der Waals surface area contributed by atoms with E-state index in [0.717, 1.165) is 49.8 Å². The molecule has 0 saturated heterocycles.